The van der Waals surface area contributed by atoms with Crippen LogP contribution in [-0.2, 0) is 0 Å². The van der Waals surface area contributed by atoms with Crippen LogP contribution in [0.4, 0.5) is 23.0 Å². The Morgan fingerprint density at radius 1 is 1.08 bits per heavy atom. The smallest absolute Gasteiger partial charge is 0.136 e. The van der Waals surface area contributed by atoms with Crippen LogP contribution in [0, 0.1) is 13.8 Å². The van der Waals surface area contributed by atoms with Gasteiger partial charge in [-0.2, -0.15) is 0 Å². The first-order valence-corrected chi connectivity index (χ1v) is 8.40. The van der Waals surface area contributed by atoms with Crippen molar-refractivity contribution < 1.29 is 0 Å². The third-order valence-corrected chi connectivity index (χ3v) is 3.87. The Balaban J connectivity index is 2.21. The van der Waals surface area contributed by atoms with Crippen LogP contribution in [0.15, 0.2) is 36.9 Å². The number of nitrogens with zero attached hydrogens (tertiary/aromatic N) is 3. The summed E-state index contributed by atoms with van der Waals surface area (Å²) in [6.45, 7) is 14.7. The number of rotatable bonds is 8. The third kappa shape index (κ3) is 4.47. The zero-order chi connectivity index (χ0) is 17.5. The highest BCUT2D eigenvalue weighted by Gasteiger charge is 2.07. The minimum atomic E-state index is 0.674. The molecule has 0 saturated heterocycles. The molecule has 0 amide bonds. The molecular formula is C19H27N5. The minimum absolute atomic E-state index is 0.674. The van der Waals surface area contributed by atoms with E-state index in [9.17, 15) is 0 Å². The minimum Gasteiger partial charge on any atom is -0.372 e. The Bertz CT molecular complexity index is 692. The average molecular weight is 325 g/mol. The molecule has 0 radical (unpaired) electrons. The van der Waals surface area contributed by atoms with Crippen molar-refractivity contribution in [1.82, 2.24) is 9.97 Å². The maximum absolute atomic E-state index is 4.47. The zero-order valence-corrected chi connectivity index (χ0v) is 15.1. The molecule has 0 atom stereocenters. The molecule has 0 spiro atoms. The zero-order valence-electron chi connectivity index (χ0n) is 15.1. The van der Waals surface area contributed by atoms with Crippen molar-refractivity contribution >= 4 is 23.0 Å². The van der Waals surface area contributed by atoms with Crippen LogP contribution in [0.5, 0.6) is 0 Å². The lowest BCUT2D eigenvalue weighted by Gasteiger charge is -2.22. The second-order valence-corrected chi connectivity index (χ2v) is 5.65. The fraction of sp³-hybridized carbons (Fsp3) is 0.368. The van der Waals surface area contributed by atoms with Gasteiger partial charge in [-0.15, -0.1) is 6.58 Å². The summed E-state index contributed by atoms with van der Waals surface area (Å²) in [6.07, 6.45) is 1.81. The summed E-state index contributed by atoms with van der Waals surface area (Å²) in [4.78, 5) is 11.2. The van der Waals surface area contributed by atoms with Gasteiger partial charge in [-0.3, -0.25) is 0 Å². The standard InChI is InChI=1S/C19H27N5/c1-6-11-20-18-13-19(22-15(5)21-18)23-17-10-9-16(12-14(17)4)24(7-2)8-3/h6,9-10,12-13H,1,7-8,11H2,2-5H3,(H2,20,21,22,23). The maximum atomic E-state index is 4.47. The van der Waals surface area contributed by atoms with Gasteiger partial charge < -0.3 is 15.5 Å². The van der Waals surface area contributed by atoms with E-state index in [0.717, 1.165) is 36.2 Å². The summed E-state index contributed by atoms with van der Waals surface area (Å²) in [5, 5.41) is 6.60. The van der Waals surface area contributed by atoms with Crippen molar-refractivity contribution in [2.24, 2.45) is 0 Å². The van der Waals surface area contributed by atoms with E-state index in [-0.39, 0.29) is 0 Å². The SMILES string of the molecule is C=CCNc1cc(Nc2ccc(N(CC)CC)cc2C)nc(C)n1. The quantitative estimate of drug-likeness (QED) is 0.709. The predicted molar refractivity (Wildman–Crippen MR) is 103 cm³/mol. The fourth-order valence-corrected chi connectivity index (χ4v) is 2.61. The number of benzene rings is 1. The first-order valence-electron chi connectivity index (χ1n) is 8.40. The summed E-state index contributed by atoms with van der Waals surface area (Å²) in [5.41, 5.74) is 3.49. The van der Waals surface area contributed by atoms with E-state index < -0.39 is 0 Å². The van der Waals surface area contributed by atoms with E-state index in [2.05, 4.69) is 71.1 Å². The lowest BCUT2D eigenvalue weighted by atomic mass is 10.1. The molecule has 2 aromatic rings. The second-order valence-electron chi connectivity index (χ2n) is 5.65. The number of anilines is 4. The monoisotopic (exact) mass is 325 g/mol. The molecule has 1 heterocycles. The van der Waals surface area contributed by atoms with Crippen LogP contribution in [0.2, 0.25) is 0 Å². The van der Waals surface area contributed by atoms with Gasteiger partial charge in [0.05, 0.1) is 0 Å². The highest BCUT2D eigenvalue weighted by atomic mass is 15.1. The largest absolute Gasteiger partial charge is 0.372 e. The van der Waals surface area contributed by atoms with Gasteiger partial charge in [-0.05, 0) is 51.5 Å². The first kappa shape index (κ1) is 17.8. The molecule has 24 heavy (non-hydrogen) atoms. The molecule has 0 saturated carbocycles. The molecule has 1 aromatic heterocycles. The highest BCUT2D eigenvalue weighted by Crippen LogP contribution is 2.25. The third-order valence-electron chi connectivity index (χ3n) is 3.87. The molecule has 0 aliphatic heterocycles. The van der Waals surface area contributed by atoms with Gasteiger partial charge in [0.25, 0.3) is 0 Å². The van der Waals surface area contributed by atoms with E-state index in [1.54, 1.807) is 6.08 Å². The highest BCUT2D eigenvalue weighted by molar-refractivity contribution is 5.66. The van der Waals surface area contributed by atoms with Crippen molar-refractivity contribution in [2.75, 3.05) is 35.2 Å². The number of hydrogen-bond acceptors (Lipinski definition) is 5. The van der Waals surface area contributed by atoms with E-state index in [0.29, 0.717) is 6.54 Å². The lowest BCUT2D eigenvalue weighted by Crippen LogP contribution is -2.21. The number of hydrogen-bond donors (Lipinski definition) is 2. The van der Waals surface area contributed by atoms with Gasteiger partial charge in [0.2, 0.25) is 0 Å². The van der Waals surface area contributed by atoms with Crippen molar-refractivity contribution in [3.63, 3.8) is 0 Å². The topological polar surface area (TPSA) is 53.1 Å². The summed E-state index contributed by atoms with van der Waals surface area (Å²) in [6, 6.07) is 8.37. The Hall–Kier alpha value is -2.56. The van der Waals surface area contributed by atoms with Gasteiger partial charge in [-0.25, -0.2) is 9.97 Å². The Labute approximate surface area is 144 Å². The molecular weight excluding hydrogens is 298 g/mol. The van der Waals surface area contributed by atoms with Crippen LogP contribution in [0.25, 0.3) is 0 Å². The van der Waals surface area contributed by atoms with Crippen molar-refractivity contribution in [3.8, 4) is 0 Å². The van der Waals surface area contributed by atoms with Gasteiger partial charge >= 0.3 is 0 Å². The molecule has 1 aromatic carbocycles. The number of aromatic nitrogens is 2. The fourth-order valence-electron chi connectivity index (χ4n) is 2.61. The maximum Gasteiger partial charge on any atom is 0.136 e. The van der Waals surface area contributed by atoms with Crippen LogP contribution in [0.1, 0.15) is 25.2 Å². The lowest BCUT2D eigenvalue weighted by molar-refractivity contribution is 0.866. The molecule has 0 aliphatic carbocycles. The Morgan fingerprint density at radius 3 is 2.42 bits per heavy atom. The normalized spacial score (nSPS) is 10.3. The summed E-state index contributed by atoms with van der Waals surface area (Å²) in [7, 11) is 0. The molecule has 128 valence electrons. The number of nitrogens with one attached hydrogen (secondary N) is 2. The molecule has 2 rings (SSSR count). The van der Waals surface area contributed by atoms with E-state index in [1.807, 2.05) is 13.0 Å². The first-order chi connectivity index (χ1) is 11.6. The Kier molecular flexibility index (Phi) is 6.18. The van der Waals surface area contributed by atoms with Crippen molar-refractivity contribution in [2.45, 2.75) is 27.7 Å². The van der Waals surface area contributed by atoms with Crippen LogP contribution in [0.3, 0.4) is 0 Å². The average Bonchev–Trinajstić information content (AvgIpc) is 2.56. The summed E-state index contributed by atoms with van der Waals surface area (Å²) >= 11 is 0. The number of aryl methyl sites for hydroxylation is 2. The van der Waals surface area contributed by atoms with Gasteiger partial charge in [-0.1, -0.05) is 6.08 Å². The van der Waals surface area contributed by atoms with E-state index in [4.69, 9.17) is 0 Å². The van der Waals surface area contributed by atoms with Gasteiger partial charge in [0.1, 0.15) is 17.5 Å². The molecule has 0 fully saturated rings. The molecule has 2 N–H and O–H groups in total. The van der Waals surface area contributed by atoms with Crippen LogP contribution < -0.4 is 15.5 Å². The van der Waals surface area contributed by atoms with E-state index >= 15 is 0 Å². The molecule has 0 aliphatic rings. The van der Waals surface area contributed by atoms with Gasteiger partial charge in [0.15, 0.2) is 0 Å². The molecule has 5 nitrogen and oxygen atoms in total. The second kappa shape index (κ2) is 8.34. The van der Waals surface area contributed by atoms with Crippen molar-refractivity contribution in [1.29, 1.82) is 0 Å². The van der Waals surface area contributed by atoms with E-state index in [1.165, 1.54) is 11.3 Å². The van der Waals surface area contributed by atoms with Crippen LogP contribution in [-0.4, -0.2) is 29.6 Å². The molecule has 0 bridgehead atoms. The molecule has 0 unspecified atom stereocenters. The molecule has 5 heteroatoms. The Morgan fingerprint density at radius 2 is 1.79 bits per heavy atom. The summed E-state index contributed by atoms with van der Waals surface area (Å²) < 4.78 is 0. The summed E-state index contributed by atoms with van der Waals surface area (Å²) in [5.74, 6) is 2.30. The van der Waals surface area contributed by atoms with Crippen molar-refractivity contribution in [3.05, 3.63) is 48.3 Å². The van der Waals surface area contributed by atoms with Crippen LogP contribution >= 0.6 is 0 Å². The van der Waals surface area contributed by atoms with Gasteiger partial charge in [0, 0.05) is 37.1 Å². The predicted octanol–water partition coefficient (Wildman–Crippen LogP) is 4.28.